The molecule has 0 aromatic rings. The fourth-order valence-corrected chi connectivity index (χ4v) is 4.14. The van der Waals surface area contributed by atoms with Crippen molar-refractivity contribution in [1.29, 1.82) is 0 Å². The average molecular weight is 295 g/mol. The van der Waals surface area contributed by atoms with Crippen LogP contribution in [0.25, 0.3) is 0 Å². The van der Waals surface area contributed by atoms with Crippen LogP contribution in [0.1, 0.15) is 60.8 Å². The van der Waals surface area contributed by atoms with Crippen LogP contribution >= 0.6 is 0 Å². The average Bonchev–Trinajstić information content (AvgIpc) is 2.32. The Bertz CT molecular complexity index is 449. The highest BCUT2D eigenvalue weighted by molar-refractivity contribution is 5.85. The molecule has 1 saturated carbocycles. The van der Waals surface area contributed by atoms with Gasteiger partial charge in [0, 0.05) is 24.9 Å². The molecule has 1 saturated heterocycles. The van der Waals surface area contributed by atoms with Gasteiger partial charge in [0.25, 0.3) is 0 Å². The Kier molecular flexibility index (Phi) is 3.88. The summed E-state index contributed by atoms with van der Waals surface area (Å²) in [6, 6.07) is 0. The summed E-state index contributed by atoms with van der Waals surface area (Å²) in [4.78, 5) is 26.3. The number of hydrogen-bond donors (Lipinski definition) is 0. The Morgan fingerprint density at radius 1 is 1.29 bits per heavy atom. The standard InChI is InChI=1S/C17H29NO3/c1-15(2,3)21-14(20)18-10-8-12-16(4,5)13(19)7-9-17(12,6)11-18/h12H,7-11H2,1-6H3/t12-,17+/m1/s1. The van der Waals surface area contributed by atoms with E-state index in [-0.39, 0.29) is 16.9 Å². The van der Waals surface area contributed by atoms with Crippen molar-refractivity contribution in [3.8, 4) is 0 Å². The van der Waals surface area contributed by atoms with Crippen LogP contribution in [0, 0.1) is 16.7 Å². The van der Waals surface area contributed by atoms with E-state index in [9.17, 15) is 9.59 Å². The van der Waals surface area contributed by atoms with E-state index in [4.69, 9.17) is 4.74 Å². The summed E-state index contributed by atoms with van der Waals surface area (Å²) in [5, 5.41) is 0. The lowest BCUT2D eigenvalue weighted by atomic mass is 9.53. The van der Waals surface area contributed by atoms with Crippen LogP contribution in [0.4, 0.5) is 4.79 Å². The second kappa shape index (κ2) is 4.99. The van der Waals surface area contributed by atoms with Crippen molar-refractivity contribution < 1.29 is 14.3 Å². The summed E-state index contributed by atoms with van der Waals surface area (Å²) in [7, 11) is 0. The lowest BCUT2D eigenvalue weighted by molar-refractivity contribution is -0.144. The highest BCUT2D eigenvalue weighted by Crippen LogP contribution is 2.53. The lowest BCUT2D eigenvalue weighted by Gasteiger charge is -2.54. The number of ether oxygens (including phenoxy) is 1. The third kappa shape index (κ3) is 3.09. The highest BCUT2D eigenvalue weighted by atomic mass is 16.6. The molecule has 4 heteroatoms. The van der Waals surface area contributed by atoms with Crippen LogP contribution in [0.3, 0.4) is 0 Å². The predicted molar refractivity (Wildman–Crippen MR) is 82.0 cm³/mol. The monoisotopic (exact) mass is 295 g/mol. The molecular formula is C17H29NO3. The van der Waals surface area contributed by atoms with Crippen molar-refractivity contribution in [2.75, 3.05) is 13.1 Å². The molecule has 4 nitrogen and oxygen atoms in total. The number of hydrogen-bond acceptors (Lipinski definition) is 3. The van der Waals surface area contributed by atoms with E-state index >= 15 is 0 Å². The Morgan fingerprint density at radius 2 is 1.90 bits per heavy atom. The maximum Gasteiger partial charge on any atom is 0.410 e. The summed E-state index contributed by atoms with van der Waals surface area (Å²) in [6.45, 7) is 13.4. The SMILES string of the molecule is CC(C)(C)OC(=O)N1CC[C@@H]2C(C)(C)C(=O)CC[C@@]2(C)C1. The highest BCUT2D eigenvalue weighted by Gasteiger charge is 2.53. The summed E-state index contributed by atoms with van der Waals surface area (Å²) in [6.07, 6.45) is 2.16. The first-order valence-electron chi connectivity index (χ1n) is 7.97. The number of nitrogens with zero attached hydrogens (tertiary/aromatic N) is 1. The van der Waals surface area contributed by atoms with Gasteiger partial charge in [0.05, 0.1) is 0 Å². The normalized spacial score (nSPS) is 32.6. The summed E-state index contributed by atoms with van der Waals surface area (Å²) < 4.78 is 5.50. The van der Waals surface area contributed by atoms with Crippen LogP contribution in [0.15, 0.2) is 0 Å². The van der Waals surface area contributed by atoms with Gasteiger partial charge in [-0.1, -0.05) is 20.8 Å². The number of amides is 1. The minimum atomic E-state index is -0.462. The van der Waals surface area contributed by atoms with E-state index in [1.165, 1.54) is 0 Å². The first-order chi connectivity index (χ1) is 9.46. The van der Waals surface area contributed by atoms with Gasteiger partial charge in [-0.25, -0.2) is 4.79 Å². The van der Waals surface area contributed by atoms with Gasteiger partial charge in [0.2, 0.25) is 0 Å². The van der Waals surface area contributed by atoms with E-state index < -0.39 is 5.60 Å². The molecule has 0 unspecified atom stereocenters. The van der Waals surface area contributed by atoms with Gasteiger partial charge in [-0.3, -0.25) is 4.79 Å². The summed E-state index contributed by atoms with van der Waals surface area (Å²) in [5.74, 6) is 0.723. The number of fused-ring (bicyclic) bond motifs is 1. The van der Waals surface area contributed by atoms with E-state index in [1.807, 2.05) is 25.7 Å². The van der Waals surface area contributed by atoms with Gasteiger partial charge in [-0.2, -0.15) is 0 Å². The number of carbonyl (C=O) groups is 2. The Labute approximate surface area is 128 Å². The molecule has 2 rings (SSSR count). The van der Waals surface area contributed by atoms with Crippen LogP contribution in [0.2, 0.25) is 0 Å². The number of rotatable bonds is 0. The molecule has 1 aliphatic heterocycles. The largest absolute Gasteiger partial charge is 0.444 e. The molecule has 1 heterocycles. The molecule has 2 fully saturated rings. The molecular weight excluding hydrogens is 266 g/mol. The number of Topliss-reactive ketones (excluding diaryl/α,β-unsaturated/α-hetero) is 1. The molecule has 120 valence electrons. The second-order valence-electron chi connectivity index (χ2n) is 8.54. The molecule has 1 aliphatic carbocycles. The summed E-state index contributed by atoms with van der Waals surface area (Å²) in [5.41, 5.74) is -0.712. The second-order valence-corrected chi connectivity index (χ2v) is 8.54. The number of likely N-dealkylation sites (tertiary alicyclic amines) is 1. The molecule has 0 radical (unpaired) electrons. The third-order valence-corrected chi connectivity index (χ3v) is 5.25. The van der Waals surface area contributed by atoms with Gasteiger partial charge in [0.15, 0.2) is 0 Å². The molecule has 2 aliphatic rings. The van der Waals surface area contributed by atoms with Crippen LogP contribution in [-0.4, -0.2) is 35.5 Å². The topological polar surface area (TPSA) is 46.6 Å². The molecule has 1 amide bonds. The maximum absolute atomic E-state index is 12.3. The maximum atomic E-state index is 12.3. The van der Waals surface area contributed by atoms with Crippen molar-refractivity contribution in [1.82, 2.24) is 4.90 Å². The quantitative estimate of drug-likeness (QED) is 0.685. The minimum absolute atomic E-state index is 0.0204. The zero-order valence-corrected chi connectivity index (χ0v) is 14.3. The van der Waals surface area contributed by atoms with Crippen LogP contribution < -0.4 is 0 Å². The Hall–Kier alpha value is -1.06. The summed E-state index contributed by atoms with van der Waals surface area (Å²) >= 11 is 0. The zero-order chi connectivity index (χ0) is 16.1. The molecule has 0 aromatic carbocycles. The fourth-order valence-electron chi connectivity index (χ4n) is 4.14. The Balaban J connectivity index is 2.13. The molecule has 0 aromatic heterocycles. The van der Waals surface area contributed by atoms with E-state index in [2.05, 4.69) is 20.8 Å². The molecule has 0 spiro atoms. The third-order valence-electron chi connectivity index (χ3n) is 5.25. The van der Waals surface area contributed by atoms with Crippen LogP contribution in [-0.2, 0) is 9.53 Å². The van der Waals surface area contributed by atoms with Crippen molar-refractivity contribution in [3.63, 3.8) is 0 Å². The molecule has 2 atom stereocenters. The predicted octanol–water partition coefficient (Wildman–Crippen LogP) is 3.64. The van der Waals surface area contributed by atoms with Crippen LogP contribution in [0.5, 0.6) is 0 Å². The fraction of sp³-hybridized carbons (Fsp3) is 0.882. The van der Waals surface area contributed by atoms with Crippen molar-refractivity contribution in [2.24, 2.45) is 16.7 Å². The smallest absolute Gasteiger partial charge is 0.410 e. The van der Waals surface area contributed by atoms with Gasteiger partial charge in [-0.15, -0.1) is 0 Å². The van der Waals surface area contributed by atoms with E-state index in [0.717, 1.165) is 12.8 Å². The first kappa shape index (κ1) is 16.3. The lowest BCUT2D eigenvalue weighted by Crippen LogP contribution is -2.58. The molecule has 0 N–H and O–H groups in total. The van der Waals surface area contributed by atoms with E-state index in [0.29, 0.717) is 31.2 Å². The Morgan fingerprint density at radius 3 is 2.48 bits per heavy atom. The van der Waals surface area contributed by atoms with Gasteiger partial charge in [0.1, 0.15) is 11.4 Å². The van der Waals surface area contributed by atoms with Gasteiger partial charge < -0.3 is 9.64 Å². The minimum Gasteiger partial charge on any atom is -0.444 e. The number of carbonyl (C=O) groups excluding carboxylic acids is 2. The zero-order valence-electron chi connectivity index (χ0n) is 14.3. The van der Waals surface area contributed by atoms with Gasteiger partial charge >= 0.3 is 6.09 Å². The van der Waals surface area contributed by atoms with Crippen molar-refractivity contribution in [2.45, 2.75) is 66.4 Å². The molecule has 21 heavy (non-hydrogen) atoms. The van der Waals surface area contributed by atoms with E-state index in [1.54, 1.807) is 0 Å². The number of piperidine rings is 1. The first-order valence-corrected chi connectivity index (χ1v) is 7.97. The molecule has 0 bridgehead atoms. The van der Waals surface area contributed by atoms with Crippen molar-refractivity contribution in [3.05, 3.63) is 0 Å². The number of ketones is 1. The van der Waals surface area contributed by atoms with Crippen molar-refractivity contribution >= 4 is 11.9 Å². The van der Waals surface area contributed by atoms with Gasteiger partial charge in [-0.05, 0) is 44.9 Å².